The Labute approximate surface area is 137 Å². The summed E-state index contributed by atoms with van der Waals surface area (Å²) in [5.41, 5.74) is 0. The SMILES string of the molecule is CCNC(=NCC1CCCO1)NCCc1ccco1.I. The summed E-state index contributed by atoms with van der Waals surface area (Å²) in [5.74, 6) is 1.84. The first-order valence-electron chi connectivity index (χ1n) is 7.04. The van der Waals surface area contributed by atoms with Crippen LogP contribution in [0, 0.1) is 0 Å². The summed E-state index contributed by atoms with van der Waals surface area (Å²) in [5, 5.41) is 6.55. The topological polar surface area (TPSA) is 58.8 Å². The van der Waals surface area contributed by atoms with Crippen molar-refractivity contribution in [3.63, 3.8) is 0 Å². The molecule has 0 amide bonds. The molecule has 0 spiro atoms. The van der Waals surface area contributed by atoms with E-state index in [9.17, 15) is 0 Å². The highest BCUT2D eigenvalue weighted by Gasteiger charge is 2.14. The van der Waals surface area contributed by atoms with Crippen LogP contribution in [0.15, 0.2) is 27.8 Å². The van der Waals surface area contributed by atoms with E-state index in [1.807, 2.05) is 12.1 Å². The van der Waals surface area contributed by atoms with Crippen molar-refractivity contribution in [2.45, 2.75) is 32.3 Å². The van der Waals surface area contributed by atoms with Crippen molar-refractivity contribution in [2.24, 2.45) is 4.99 Å². The summed E-state index contributed by atoms with van der Waals surface area (Å²) in [4.78, 5) is 4.55. The van der Waals surface area contributed by atoms with Gasteiger partial charge in [0.05, 0.1) is 18.9 Å². The lowest BCUT2D eigenvalue weighted by atomic mass is 10.2. The Bertz CT molecular complexity index is 376. The molecule has 0 aromatic carbocycles. The van der Waals surface area contributed by atoms with Crippen LogP contribution in [0.25, 0.3) is 0 Å². The number of ether oxygens (including phenoxy) is 1. The fraction of sp³-hybridized carbons (Fsp3) is 0.643. The zero-order chi connectivity index (χ0) is 13.3. The second kappa shape index (κ2) is 10.0. The first kappa shape index (κ1) is 17.3. The van der Waals surface area contributed by atoms with Crippen molar-refractivity contribution in [2.75, 3.05) is 26.2 Å². The zero-order valence-corrected chi connectivity index (χ0v) is 14.3. The zero-order valence-electron chi connectivity index (χ0n) is 11.9. The molecule has 1 unspecified atom stereocenters. The summed E-state index contributed by atoms with van der Waals surface area (Å²) < 4.78 is 10.9. The Hall–Kier alpha value is -0.760. The van der Waals surface area contributed by atoms with Crippen LogP contribution in [0.5, 0.6) is 0 Å². The third kappa shape index (κ3) is 6.13. The van der Waals surface area contributed by atoms with E-state index in [2.05, 4.69) is 22.5 Å². The van der Waals surface area contributed by atoms with Gasteiger partial charge in [-0.15, -0.1) is 24.0 Å². The number of furan rings is 1. The normalized spacial score (nSPS) is 18.6. The molecule has 0 radical (unpaired) electrons. The first-order valence-corrected chi connectivity index (χ1v) is 7.04. The van der Waals surface area contributed by atoms with Crippen molar-refractivity contribution in [3.05, 3.63) is 24.2 Å². The highest BCUT2D eigenvalue weighted by Crippen LogP contribution is 2.11. The molecule has 6 heteroatoms. The summed E-state index contributed by atoms with van der Waals surface area (Å²) in [7, 11) is 0. The van der Waals surface area contributed by atoms with Gasteiger partial charge in [-0.05, 0) is 31.9 Å². The molecule has 1 aromatic heterocycles. The third-order valence-electron chi connectivity index (χ3n) is 3.07. The molecule has 0 aliphatic carbocycles. The van der Waals surface area contributed by atoms with Gasteiger partial charge in [-0.2, -0.15) is 0 Å². The number of rotatable bonds is 6. The largest absolute Gasteiger partial charge is 0.469 e. The van der Waals surface area contributed by atoms with Gasteiger partial charge in [-0.25, -0.2) is 0 Å². The molecule has 1 aliphatic rings. The van der Waals surface area contributed by atoms with Crippen LogP contribution in [0.2, 0.25) is 0 Å². The molecule has 2 rings (SSSR count). The van der Waals surface area contributed by atoms with Crippen LogP contribution in [0.1, 0.15) is 25.5 Å². The van der Waals surface area contributed by atoms with Gasteiger partial charge in [-0.3, -0.25) is 4.99 Å². The summed E-state index contributed by atoms with van der Waals surface area (Å²) >= 11 is 0. The number of aliphatic imine (C=N–C) groups is 1. The van der Waals surface area contributed by atoms with Crippen LogP contribution >= 0.6 is 24.0 Å². The number of hydrogen-bond donors (Lipinski definition) is 2. The van der Waals surface area contributed by atoms with Crippen molar-refractivity contribution in [1.29, 1.82) is 0 Å². The molecule has 2 N–H and O–H groups in total. The third-order valence-corrected chi connectivity index (χ3v) is 3.07. The number of guanidine groups is 1. The van der Waals surface area contributed by atoms with Gasteiger partial charge in [0.25, 0.3) is 0 Å². The average Bonchev–Trinajstić information content (AvgIpc) is 3.09. The Morgan fingerprint density at radius 1 is 1.45 bits per heavy atom. The fourth-order valence-electron chi connectivity index (χ4n) is 2.08. The molecule has 1 aliphatic heterocycles. The summed E-state index contributed by atoms with van der Waals surface area (Å²) in [6.45, 7) is 5.34. The van der Waals surface area contributed by atoms with Crippen LogP contribution in [-0.4, -0.2) is 38.3 Å². The molecule has 1 atom stereocenters. The van der Waals surface area contributed by atoms with E-state index in [1.165, 1.54) is 0 Å². The van der Waals surface area contributed by atoms with E-state index < -0.39 is 0 Å². The van der Waals surface area contributed by atoms with Crippen molar-refractivity contribution < 1.29 is 9.15 Å². The van der Waals surface area contributed by atoms with Crippen LogP contribution in [0.3, 0.4) is 0 Å². The predicted octanol–water partition coefficient (Wildman–Crippen LogP) is 2.17. The maximum Gasteiger partial charge on any atom is 0.191 e. The molecular formula is C14H24IN3O2. The second-order valence-electron chi connectivity index (χ2n) is 4.61. The van der Waals surface area contributed by atoms with Gasteiger partial charge in [0.15, 0.2) is 5.96 Å². The Morgan fingerprint density at radius 2 is 2.35 bits per heavy atom. The lowest BCUT2D eigenvalue weighted by Crippen LogP contribution is -2.38. The van der Waals surface area contributed by atoms with Gasteiger partial charge in [0, 0.05) is 26.1 Å². The number of nitrogens with one attached hydrogen (secondary N) is 2. The summed E-state index contributed by atoms with van der Waals surface area (Å²) in [6.07, 6.45) is 5.13. The Morgan fingerprint density at radius 3 is 3.00 bits per heavy atom. The monoisotopic (exact) mass is 393 g/mol. The Kier molecular flexibility index (Phi) is 8.68. The van der Waals surface area contributed by atoms with Gasteiger partial charge in [-0.1, -0.05) is 0 Å². The van der Waals surface area contributed by atoms with Gasteiger partial charge >= 0.3 is 0 Å². The molecule has 2 heterocycles. The molecule has 1 fully saturated rings. The van der Waals surface area contributed by atoms with Crippen molar-refractivity contribution >= 4 is 29.9 Å². The van der Waals surface area contributed by atoms with Crippen molar-refractivity contribution in [1.82, 2.24) is 10.6 Å². The minimum absolute atomic E-state index is 0. The lowest BCUT2D eigenvalue weighted by molar-refractivity contribution is 0.117. The molecule has 0 bridgehead atoms. The highest BCUT2D eigenvalue weighted by molar-refractivity contribution is 14.0. The fourth-order valence-corrected chi connectivity index (χ4v) is 2.08. The molecule has 1 saturated heterocycles. The Balaban J connectivity index is 0.00000200. The van der Waals surface area contributed by atoms with E-state index >= 15 is 0 Å². The number of hydrogen-bond acceptors (Lipinski definition) is 3. The van der Waals surface area contributed by atoms with Crippen LogP contribution in [0.4, 0.5) is 0 Å². The second-order valence-corrected chi connectivity index (χ2v) is 4.61. The van der Waals surface area contributed by atoms with Gasteiger partial charge in [0.2, 0.25) is 0 Å². The molecule has 114 valence electrons. The smallest absolute Gasteiger partial charge is 0.191 e. The average molecular weight is 393 g/mol. The maximum absolute atomic E-state index is 5.57. The van der Waals surface area contributed by atoms with E-state index in [0.29, 0.717) is 6.10 Å². The van der Waals surface area contributed by atoms with Crippen molar-refractivity contribution in [3.8, 4) is 0 Å². The maximum atomic E-state index is 5.57. The molecule has 1 aromatic rings. The van der Waals surface area contributed by atoms with Crippen LogP contribution in [-0.2, 0) is 11.2 Å². The quantitative estimate of drug-likeness (QED) is 0.442. The number of halogens is 1. The van der Waals surface area contributed by atoms with E-state index in [4.69, 9.17) is 9.15 Å². The first-order chi connectivity index (χ1) is 9.38. The van der Waals surface area contributed by atoms with E-state index in [-0.39, 0.29) is 24.0 Å². The molecule has 20 heavy (non-hydrogen) atoms. The minimum Gasteiger partial charge on any atom is -0.469 e. The standard InChI is InChI=1S/C14H23N3O2.HI/c1-2-15-14(17-11-13-6-4-10-19-13)16-8-7-12-5-3-9-18-12;/h3,5,9,13H,2,4,6-8,10-11H2,1H3,(H2,15,16,17);1H. The lowest BCUT2D eigenvalue weighted by Gasteiger charge is -2.12. The molecule has 0 saturated carbocycles. The number of nitrogens with zero attached hydrogens (tertiary/aromatic N) is 1. The van der Waals surface area contributed by atoms with E-state index in [1.54, 1.807) is 6.26 Å². The highest BCUT2D eigenvalue weighted by atomic mass is 127. The minimum atomic E-state index is 0. The summed E-state index contributed by atoms with van der Waals surface area (Å²) in [6, 6.07) is 3.89. The van der Waals surface area contributed by atoms with E-state index in [0.717, 1.165) is 57.2 Å². The molecule has 5 nitrogen and oxygen atoms in total. The predicted molar refractivity (Wildman–Crippen MR) is 90.8 cm³/mol. The van der Waals surface area contributed by atoms with Gasteiger partial charge < -0.3 is 19.8 Å². The molecular weight excluding hydrogens is 369 g/mol. The van der Waals surface area contributed by atoms with Gasteiger partial charge in [0.1, 0.15) is 5.76 Å². The van der Waals surface area contributed by atoms with Crippen LogP contribution < -0.4 is 10.6 Å².